The molecule has 0 fully saturated rings. The molecule has 1 aliphatic rings. The van der Waals surface area contributed by atoms with Gasteiger partial charge in [0.05, 0.1) is 6.54 Å². The van der Waals surface area contributed by atoms with Crippen molar-refractivity contribution in [2.45, 2.75) is 13.0 Å². The van der Waals surface area contributed by atoms with Gasteiger partial charge in [0.1, 0.15) is 0 Å². The second kappa shape index (κ2) is 4.44. The molecular weight excluding hydrogens is 230 g/mol. The first kappa shape index (κ1) is 11.3. The lowest BCUT2D eigenvalue weighted by Gasteiger charge is -2.25. The van der Waals surface area contributed by atoms with Crippen LogP contribution in [0.3, 0.4) is 0 Å². The highest BCUT2D eigenvalue weighted by Crippen LogP contribution is 2.27. The van der Waals surface area contributed by atoms with E-state index < -0.39 is 0 Å². The van der Waals surface area contributed by atoms with E-state index in [4.69, 9.17) is 5.21 Å². The topological polar surface area (TPSA) is 68.4 Å². The maximum atomic E-state index is 11.2. The molecular formula is C13H15N3O2. The van der Waals surface area contributed by atoms with Crippen LogP contribution in [0.25, 0.3) is 10.9 Å². The Labute approximate surface area is 104 Å². The molecule has 0 unspecified atom stereocenters. The zero-order valence-corrected chi connectivity index (χ0v) is 9.94. The number of para-hydroxylation sites is 1. The number of fused-ring (bicyclic) bond motifs is 3. The van der Waals surface area contributed by atoms with Crippen LogP contribution in [0.5, 0.6) is 0 Å². The van der Waals surface area contributed by atoms with Crippen LogP contribution in [-0.2, 0) is 17.8 Å². The van der Waals surface area contributed by atoms with E-state index >= 15 is 0 Å². The van der Waals surface area contributed by atoms with Crippen molar-refractivity contribution in [2.24, 2.45) is 0 Å². The molecule has 1 aromatic carbocycles. The smallest absolute Gasteiger partial charge is 0.257 e. The molecule has 3 N–H and O–H groups in total. The van der Waals surface area contributed by atoms with Crippen LogP contribution in [-0.4, -0.2) is 34.1 Å². The molecule has 0 saturated heterocycles. The first-order valence-electron chi connectivity index (χ1n) is 6.01. The van der Waals surface area contributed by atoms with Gasteiger partial charge in [-0.2, -0.15) is 0 Å². The van der Waals surface area contributed by atoms with Gasteiger partial charge in [0.25, 0.3) is 5.91 Å². The summed E-state index contributed by atoms with van der Waals surface area (Å²) < 4.78 is 0. The Morgan fingerprint density at radius 2 is 2.28 bits per heavy atom. The Morgan fingerprint density at radius 1 is 1.44 bits per heavy atom. The third-order valence-electron chi connectivity index (χ3n) is 3.45. The highest BCUT2D eigenvalue weighted by Gasteiger charge is 2.21. The maximum Gasteiger partial charge on any atom is 0.257 e. The summed E-state index contributed by atoms with van der Waals surface area (Å²) in [6.07, 6.45) is 0.929. The van der Waals surface area contributed by atoms with Gasteiger partial charge in [-0.15, -0.1) is 0 Å². The number of amides is 1. The fraction of sp³-hybridized carbons (Fsp3) is 0.308. The predicted molar refractivity (Wildman–Crippen MR) is 67.2 cm³/mol. The molecule has 18 heavy (non-hydrogen) atoms. The van der Waals surface area contributed by atoms with Crippen LogP contribution < -0.4 is 5.48 Å². The van der Waals surface area contributed by atoms with E-state index in [9.17, 15) is 4.79 Å². The van der Waals surface area contributed by atoms with Gasteiger partial charge < -0.3 is 4.98 Å². The van der Waals surface area contributed by atoms with Crippen LogP contribution in [0.4, 0.5) is 0 Å². The van der Waals surface area contributed by atoms with E-state index in [1.165, 1.54) is 16.6 Å². The number of nitrogens with one attached hydrogen (secondary N) is 2. The van der Waals surface area contributed by atoms with Crippen molar-refractivity contribution in [2.75, 3.05) is 13.1 Å². The van der Waals surface area contributed by atoms with Crippen molar-refractivity contribution < 1.29 is 10.0 Å². The summed E-state index contributed by atoms with van der Waals surface area (Å²) in [5.74, 6) is -0.366. The molecule has 94 valence electrons. The zero-order valence-electron chi connectivity index (χ0n) is 9.94. The quantitative estimate of drug-likeness (QED) is 0.547. The minimum Gasteiger partial charge on any atom is -0.357 e. The summed E-state index contributed by atoms with van der Waals surface area (Å²) >= 11 is 0. The third-order valence-corrected chi connectivity index (χ3v) is 3.45. The van der Waals surface area contributed by atoms with Crippen LogP contribution in [0.1, 0.15) is 11.3 Å². The molecule has 0 bridgehead atoms. The van der Waals surface area contributed by atoms with E-state index in [0.29, 0.717) is 0 Å². The summed E-state index contributed by atoms with van der Waals surface area (Å²) in [4.78, 5) is 16.6. The molecule has 3 rings (SSSR count). The average molecular weight is 245 g/mol. The standard InChI is InChI=1S/C13H15N3O2/c17-13(15-18)8-16-6-5-10-9-3-1-2-4-11(9)14-12(10)7-16/h1-4,14,18H,5-8H2,(H,15,17). The monoisotopic (exact) mass is 245 g/mol. The minimum atomic E-state index is -0.366. The van der Waals surface area contributed by atoms with Gasteiger partial charge >= 0.3 is 0 Å². The number of carbonyl (C=O) groups excluding carboxylic acids is 1. The summed E-state index contributed by atoms with van der Waals surface area (Å²) in [6.45, 7) is 1.78. The van der Waals surface area contributed by atoms with Gasteiger partial charge in [-0.3, -0.25) is 14.9 Å². The number of rotatable bonds is 2. The Balaban J connectivity index is 1.87. The van der Waals surface area contributed by atoms with Gasteiger partial charge in [0.15, 0.2) is 0 Å². The lowest BCUT2D eigenvalue weighted by Crippen LogP contribution is -2.38. The number of hydroxylamine groups is 1. The summed E-state index contributed by atoms with van der Waals surface area (Å²) in [7, 11) is 0. The van der Waals surface area contributed by atoms with Crippen molar-refractivity contribution in [1.82, 2.24) is 15.4 Å². The van der Waals surface area contributed by atoms with Crippen LogP contribution in [0, 0.1) is 0 Å². The Bertz CT molecular complexity index is 591. The molecule has 0 saturated carbocycles. The molecule has 0 radical (unpaired) electrons. The number of aromatic nitrogens is 1. The van der Waals surface area contributed by atoms with E-state index in [-0.39, 0.29) is 12.5 Å². The summed E-state index contributed by atoms with van der Waals surface area (Å²) in [5.41, 5.74) is 5.35. The van der Waals surface area contributed by atoms with Crippen molar-refractivity contribution in [3.63, 3.8) is 0 Å². The molecule has 0 spiro atoms. The number of carbonyl (C=O) groups is 1. The first-order chi connectivity index (χ1) is 8.78. The van der Waals surface area contributed by atoms with Gasteiger partial charge in [-0.1, -0.05) is 18.2 Å². The van der Waals surface area contributed by atoms with Crippen LogP contribution in [0.2, 0.25) is 0 Å². The van der Waals surface area contributed by atoms with Gasteiger partial charge in [0.2, 0.25) is 0 Å². The molecule has 2 aromatic rings. The highest BCUT2D eigenvalue weighted by atomic mass is 16.5. The molecule has 2 heterocycles. The fourth-order valence-electron chi connectivity index (χ4n) is 2.62. The number of benzene rings is 1. The second-order valence-electron chi connectivity index (χ2n) is 4.62. The normalized spacial score (nSPS) is 15.6. The fourth-order valence-corrected chi connectivity index (χ4v) is 2.62. The Hall–Kier alpha value is -1.85. The highest BCUT2D eigenvalue weighted by molar-refractivity contribution is 5.85. The molecule has 1 amide bonds. The molecule has 5 nitrogen and oxygen atoms in total. The zero-order chi connectivity index (χ0) is 12.5. The molecule has 0 aliphatic carbocycles. The predicted octanol–water partition coefficient (Wildman–Crippen LogP) is 1.03. The molecule has 1 aliphatic heterocycles. The van der Waals surface area contributed by atoms with Crippen LogP contribution in [0.15, 0.2) is 24.3 Å². The average Bonchev–Trinajstić information content (AvgIpc) is 2.76. The SMILES string of the molecule is O=C(CN1CCc2c([nH]c3ccccc23)C1)NO. The number of H-pyrrole nitrogens is 1. The number of nitrogens with zero attached hydrogens (tertiary/aromatic N) is 1. The molecule has 5 heteroatoms. The van der Waals surface area contributed by atoms with Gasteiger partial charge in [-0.05, 0) is 18.1 Å². The number of hydrogen-bond donors (Lipinski definition) is 3. The van der Waals surface area contributed by atoms with Gasteiger partial charge in [0, 0.05) is 29.7 Å². The van der Waals surface area contributed by atoms with E-state index in [0.717, 1.165) is 25.0 Å². The van der Waals surface area contributed by atoms with E-state index in [1.807, 2.05) is 17.0 Å². The van der Waals surface area contributed by atoms with E-state index in [2.05, 4.69) is 17.1 Å². The largest absolute Gasteiger partial charge is 0.357 e. The van der Waals surface area contributed by atoms with E-state index in [1.54, 1.807) is 5.48 Å². The minimum absolute atomic E-state index is 0.227. The number of hydrogen-bond acceptors (Lipinski definition) is 3. The summed E-state index contributed by atoms with van der Waals surface area (Å²) in [6, 6.07) is 8.25. The van der Waals surface area contributed by atoms with Crippen LogP contribution >= 0.6 is 0 Å². The Kier molecular flexibility index (Phi) is 2.77. The van der Waals surface area contributed by atoms with Crippen molar-refractivity contribution >= 4 is 16.8 Å². The maximum absolute atomic E-state index is 11.2. The van der Waals surface area contributed by atoms with Crippen molar-refractivity contribution in [1.29, 1.82) is 0 Å². The lowest BCUT2D eigenvalue weighted by atomic mass is 10.0. The Morgan fingerprint density at radius 3 is 3.11 bits per heavy atom. The second-order valence-corrected chi connectivity index (χ2v) is 4.62. The lowest BCUT2D eigenvalue weighted by molar-refractivity contribution is -0.130. The molecule has 1 aromatic heterocycles. The van der Waals surface area contributed by atoms with Crippen molar-refractivity contribution in [3.8, 4) is 0 Å². The van der Waals surface area contributed by atoms with Crippen molar-refractivity contribution in [3.05, 3.63) is 35.5 Å². The number of aromatic amines is 1. The third kappa shape index (κ3) is 1.87. The molecule has 0 atom stereocenters. The van der Waals surface area contributed by atoms with Gasteiger partial charge in [-0.25, -0.2) is 5.48 Å². The summed E-state index contributed by atoms with van der Waals surface area (Å²) in [5, 5.41) is 9.82. The first-order valence-corrected chi connectivity index (χ1v) is 6.01.